The van der Waals surface area contributed by atoms with Gasteiger partial charge in [-0.15, -0.1) is 5.10 Å². The average molecular weight is 565 g/mol. The molecule has 0 radical (unpaired) electrons. The second-order valence-electron chi connectivity index (χ2n) is 9.63. The molecule has 210 valence electrons. The average Bonchev–Trinajstić information content (AvgIpc) is 3.70. The van der Waals surface area contributed by atoms with Crippen molar-refractivity contribution in [3.05, 3.63) is 65.6 Å². The van der Waals surface area contributed by atoms with Crippen LogP contribution in [-0.4, -0.2) is 61.9 Å². The van der Waals surface area contributed by atoms with E-state index in [-0.39, 0.29) is 5.69 Å². The van der Waals surface area contributed by atoms with Crippen LogP contribution in [0.25, 0.3) is 50.5 Å². The second kappa shape index (κ2) is 9.46. The first-order chi connectivity index (χ1) is 19.5. The van der Waals surface area contributed by atoms with Crippen LogP contribution >= 0.6 is 0 Å². The fourth-order valence-corrected chi connectivity index (χ4v) is 4.79. The minimum absolute atomic E-state index is 0.130. The largest absolute Gasteiger partial charge is 0.405 e. The number of alkyl halides is 3. The molecule has 0 saturated heterocycles. The van der Waals surface area contributed by atoms with Crippen LogP contribution in [0.2, 0.25) is 0 Å². The molecule has 0 aliphatic carbocycles. The van der Waals surface area contributed by atoms with E-state index in [1.165, 1.54) is 10.9 Å². The predicted molar refractivity (Wildman–Crippen MR) is 143 cm³/mol. The maximum atomic E-state index is 12.5. The molecule has 0 saturated carbocycles. The molecular weight excluding hydrogens is 541 g/mol. The van der Waals surface area contributed by atoms with Gasteiger partial charge in [-0.25, -0.2) is 19.4 Å². The van der Waals surface area contributed by atoms with Gasteiger partial charge in [-0.2, -0.15) is 13.2 Å². The fourth-order valence-electron chi connectivity index (χ4n) is 4.79. The number of hydrogen-bond acceptors (Lipinski definition) is 6. The Hall–Kier alpha value is -5.21. The highest BCUT2D eigenvalue weighted by Gasteiger charge is 2.27. The van der Waals surface area contributed by atoms with E-state index in [1.54, 1.807) is 35.8 Å². The number of amides is 1. The number of imidazole rings is 3. The first kappa shape index (κ1) is 26.0. The summed E-state index contributed by atoms with van der Waals surface area (Å²) in [6.45, 7) is -1.83. The van der Waals surface area contributed by atoms with Crippen LogP contribution < -0.4 is 11.0 Å². The van der Waals surface area contributed by atoms with Crippen molar-refractivity contribution in [3.8, 4) is 28.5 Å². The van der Waals surface area contributed by atoms with Crippen molar-refractivity contribution in [2.45, 2.75) is 12.7 Å². The molecule has 1 amide bonds. The highest BCUT2D eigenvalue weighted by Crippen LogP contribution is 2.32. The number of halogens is 3. The summed E-state index contributed by atoms with van der Waals surface area (Å²) in [5.41, 5.74) is 5.49. The van der Waals surface area contributed by atoms with E-state index in [0.29, 0.717) is 22.6 Å². The van der Waals surface area contributed by atoms with Gasteiger partial charge in [-0.05, 0) is 30.3 Å². The zero-order valence-corrected chi connectivity index (χ0v) is 22.1. The number of nitrogens with zero attached hydrogens (tertiary/aromatic N) is 9. The summed E-state index contributed by atoms with van der Waals surface area (Å²) in [6.07, 6.45) is 0.375. The van der Waals surface area contributed by atoms with Gasteiger partial charge >= 0.3 is 11.9 Å². The van der Waals surface area contributed by atoms with Crippen molar-refractivity contribution in [1.82, 2.24) is 48.5 Å². The monoisotopic (exact) mass is 564 g/mol. The molecule has 0 atom stereocenters. The number of carbonyl (C=O) groups excluding carboxylic acids is 1. The molecule has 1 N–H and O–H groups in total. The number of benzene rings is 2. The number of hydrogen-bond donors (Lipinski definition) is 1. The molecule has 15 heteroatoms. The summed E-state index contributed by atoms with van der Waals surface area (Å²) in [4.78, 5) is 33.5. The van der Waals surface area contributed by atoms with Crippen LogP contribution in [0.15, 0.2) is 59.9 Å². The molecular formula is C26H23F3N10O2. The van der Waals surface area contributed by atoms with E-state index in [0.717, 1.165) is 27.9 Å². The first-order valence-electron chi connectivity index (χ1n) is 12.4. The minimum atomic E-state index is -4.50. The highest BCUT2D eigenvalue weighted by atomic mass is 19.4. The van der Waals surface area contributed by atoms with Crippen molar-refractivity contribution in [2.24, 2.45) is 21.1 Å². The third-order valence-electron chi connectivity index (χ3n) is 6.84. The summed E-state index contributed by atoms with van der Waals surface area (Å²) in [5.74, 6) is -0.205. The normalized spacial score (nSPS) is 12.0. The maximum absolute atomic E-state index is 12.5. The molecule has 4 aromatic heterocycles. The molecule has 4 heterocycles. The number of rotatable bonds is 6. The molecule has 0 unspecified atom stereocenters. The van der Waals surface area contributed by atoms with Gasteiger partial charge in [0.05, 0.1) is 40.8 Å². The lowest BCUT2D eigenvalue weighted by Gasteiger charge is -2.11. The standard InChI is InChI=1S/C26H23F3N10O2/c1-35-14-30-10-22(35)24-32-17-8-15(18-11-38(34-33-18)12-23(40)31-13-26(27,28)29)4-6-19(17)39(24)16-5-7-20-21(9-16)37(3)25(41)36(20)2/h4-11,14H,12-13H2,1-3H3,(H,31,40). The summed E-state index contributed by atoms with van der Waals surface area (Å²) >= 11 is 0. The van der Waals surface area contributed by atoms with Crippen LogP contribution in [0.3, 0.4) is 0 Å². The fraction of sp³-hybridized carbons (Fsp3) is 0.231. The maximum Gasteiger partial charge on any atom is 0.405 e. The lowest BCUT2D eigenvalue weighted by Crippen LogP contribution is -2.35. The van der Waals surface area contributed by atoms with Crippen molar-refractivity contribution in [3.63, 3.8) is 0 Å². The zero-order chi connectivity index (χ0) is 29.1. The van der Waals surface area contributed by atoms with E-state index in [2.05, 4.69) is 15.3 Å². The van der Waals surface area contributed by atoms with Gasteiger partial charge in [0.1, 0.15) is 24.5 Å². The number of fused-ring (bicyclic) bond motifs is 2. The molecule has 0 bridgehead atoms. The number of aromatic nitrogens is 9. The van der Waals surface area contributed by atoms with E-state index in [1.807, 2.05) is 57.9 Å². The van der Waals surface area contributed by atoms with Crippen molar-refractivity contribution in [1.29, 1.82) is 0 Å². The molecule has 12 nitrogen and oxygen atoms in total. The number of aryl methyl sites for hydroxylation is 3. The van der Waals surface area contributed by atoms with Gasteiger partial charge in [0.25, 0.3) is 0 Å². The molecule has 2 aromatic carbocycles. The zero-order valence-electron chi connectivity index (χ0n) is 22.1. The Morgan fingerprint density at radius 1 is 1.00 bits per heavy atom. The lowest BCUT2D eigenvalue weighted by atomic mass is 10.1. The van der Waals surface area contributed by atoms with Crippen molar-refractivity contribution < 1.29 is 18.0 Å². The van der Waals surface area contributed by atoms with Gasteiger partial charge in [0.2, 0.25) is 5.91 Å². The Morgan fingerprint density at radius 2 is 1.76 bits per heavy atom. The third kappa shape index (κ3) is 4.64. The SMILES string of the molecule is Cn1cncc1-c1nc2cc(-c3cn(CC(=O)NCC(F)(F)F)nn3)ccc2n1-c1ccc2c(c1)n(C)c(=O)n2C. The Morgan fingerprint density at radius 3 is 2.49 bits per heavy atom. The number of carbonyl (C=O) groups is 1. The van der Waals surface area contributed by atoms with Gasteiger partial charge in [0.15, 0.2) is 5.82 Å². The van der Waals surface area contributed by atoms with E-state index in [4.69, 9.17) is 4.98 Å². The van der Waals surface area contributed by atoms with Gasteiger partial charge in [0, 0.05) is 32.4 Å². The molecule has 41 heavy (non-hydrogen) atoms. The smallest absolute Gasteiger partial charge is 0.345 e. The second-order valence-corrected chi connectivity index (χ2v) is 9.63. The molecule has 6 rings (SSSR count). The summed E-state index contributed by atoms with van der Waals surface area (Å²) in [5, 5.41) is 9.78. The van der Waals surface area contributed by atoms with Crippen LogP contribution in [0.5, 0.6) is 0 Å². The minimum Gasteiger partial charge on any atom is -0.345 e. The van der Waals surface area contributed by atoms with Crippen molar-refractivity contribution >= 4 is 28.0 Å². The topological polar surface area (TPSA) is 122 Å². The molecule has 0 fully saturated rings. The quantitative estimate of drug-likeness (QED) is 0.332. The Labute approximate surface area is 229 Å². The number of nitrogens with one attached hydrogen (secondary N) is 1. The van der Waals surface area contributed by atoms with E-state index >= 15 is 0 Å². The van der Waals surface area contributed by atoms with E-state index < -0.39 is 25.2 Å². The molecule has 6 aromatic rings. The Bertz CT molecular complexity index is 2010. The Kier molecular flexibility index (Phi) is 6.01. The summed E-state index contributed by atoms with van der Waals surface area (Å²) < 4.78 is 45.3. The van der Waals surface area contributed by atoms with E-state index in [9.17, 15) is 22.8 Å². The summed E-state index contributed by atoms with van der Waals surface area (Å²) in [7, 11) is 5.32. The Balaban J connectivity index is 1.41. The molecule has 0 spiro atoms. The molecule has 0 aliphatic heterocycles. The van der Waals surface area contributed by atoms with Crippen LogP contribution in [-0.2, 0) is 32.5 Å². The van der Waals surface area contributed by atoms with Crippen LogP contribution in [0.1, 0.15) is 0 Å². The first-order valence-corrected chi connectivity index (χ1v) is 12.4. The van der Waals surface area contributed by atoms with Gasteiger partial charge in [-0.3, -0.25) is 18.5 Å². The lowest BCUT2D eigenvalue weighted by molar-refractivity contribution is -0.138. The highest BCUT2D eigenvalue weighted by molar-refractivity contribution is 5.88. The summed E-state index contributed by atoms with van der Waals surface area (Å²) in [6, 6.07) is 11.3. The van der Waals surface area contributed by atoms with Crippen LogP contribution in [0.4, 0.5) is 13.2 Å². The van der Waals surface area contributed by atoms with Gasteiger partial charge < -0.3 is 9.88 Å². The third-order valence-corrected chi connectivity index (χ3v) is 6.84. The predicted octanol–water partition coefficient (Wildman–Crippen LogP) is 2.55. The van der Waals surface area contributed by atoms with Crippen molar-refractivity contribution in [2.75, 3.05) is 6.54 Å². The molecule has 0 aliphatic rings. The van der Waals surface area contributed by atoms with Gasteiger partial charge in [-0.1, -0.05) is 11.3 Å². The van der Waals surface area contributed by atoms with Crippen LogP contribution in [0, 0.1) is 0 Å².